The van der Waals surface area contributed by atoms with Crippen molar-refractivity contribution in [2.45, 2.75) is 51.7 Å². The number of rotatable bonds is 2. The van der Waals surface area contributed by atoms with Crippen LogP contribution < -0.4 is 0 Å². The van der Waals surface area contributed by atoms with E-state index in [4.69, 9.17) is 4.74 Å². The largest absolute Gasteiger partial charge is 0.390 e. The molecule has 1 aromatic rings. The normalized spacial score (nSPS) is 32.3. The summed E-state index contributed by atoms with van der Waals surface area (Å²) in [5.74, 6) is 0.550. The van der Waals surface area contributed by atoms with Gasteiger partial charge in [0.15, 0.2) is 0 Å². The summed E-state index contributed by atoms with van der Waals surface area (Å²) < 4.78 is 5.79. The first-order valence-corrected chi connectivity index (χ1v) is 7.19. The zero-order valence-corrected chi connectivity index (χ0v) is 12.5. The molecule has 0 spiro atoms. The van der Waals surface area contributed by atoms with Gasteiger partial charge in [-0.25, -0.2) is 0 Å². The second kappa shape index (κ2) is 5.26. The van der Waals surface area contributed by atoms with E-state index in [1.807, 2.05) is 18.2 Å². The van der Waals surface area contributed by atoms with Crippen LogP contribution in [0.2, 0.25) is 0 Å². The first-order chi connectivity index (χ1) is 8.90. The van der Waals surface area contributed by atoms with Crippen molar-refractivity contribution in [2.24, 2.45) is 11.3 Å². The van der Waals surface area contributed by atoms with Crippen LogP contribution in [0.15, 0.2) is 30.3 Å². The van der Waals surface area contributed by atoms with E-state index in [1.165, 1.54) is 0 Å². The van der Waals surface area contributed by atoms with Gasteiger partial charge in [-0.15, -0.1) is 0 Å². The maximum absolute atomic E-state index is 10.7. The Bertz CT molecular complexity index is 407. The van der Waals surface area contributed by atoms with Gasteiger partial charge in [-0.2, -0.15) is 0 Å². The third-order valence-electron chi connectivity index (χ3n) is 4.76. The van der Waals surface area contributed by atoms with E-state index in [0.717, 1.165) is 24.8 Å². The third kappa shape index (κ3) is 2.70. The van der Waals surface area contributed by atoms with Crippen molar-refractivity contribution < 1.29 is 9.84 Å². The quantitative estimate of drug-likeness (QED) is 0.880. The van der Waals surface area contributed by atoms with Crippen LogP contribution in [0, 0.1) is 11.3 Å². The third-order valence-corrected chi connectivity index (χ3v) is 4.76. The average molecular weight is 262 g/mol. The Morgan fingerprint density at radius 1 is 1.21 bits per heavy atom. The lowest BCUT2D eigenvalue weighted by molar-refractivity contribution is -0.149. The number of ether oxygens (including phenoxy) is 1. The van der Waals surface area contributed by atoms with Crippen molar-refractivity contribution in [2.75, 3.05) is 7.11 Å². The maximum atomic E-state index is 10.7. The van der Waals surface area contributed by atoms with Gasteiger partial charge in [0.1, 0.15) is 5.60 Å². The first kappa shape index (κ1) is 14.5. The molecule has 0 unspecified atom stereocenters. The molecule has 2 heteroatoms. The van der Waals surface area contributed by atoms with E-state index >= 15 is 0 Å². The van der Waals surface area contributed by atoms with Crippen molar-refractivity contribution >= 4 is 0 Å². The van der Waals surface area contributed by atoms with Gasteiger partial charge >= 0.3 is 0 Å². The van der Waals surface area contributed by atoms with Gasteiger partial charge in [-0.05, 0) is 36.2 Å². The van der Waals surface area contributed by atoms with E-state index < -0.39 is 11.7 Å². The Labute approximate surface area is 116 Å². The van der Waals surface area contributed by atoms with Crippen LogP contribution in [-0.2, 0) is 10.3 Å². The molecule has 106 valence electrons. The number of hydrogen-bond donors (Lipinski definition) is 1. The van der Waals surface area contributed by atoms with Crippen molar-refractivity contribution in [3.63, 3.8) is 0 Å². The van der Waals surface area contributed by atoms with Crippen LogP contribution in [0.4, 0.5) is 0 Å². The predicted octanol–water partition coefficient (Wildman–Crippen LogP) is 3.74. The second-order valence-corrected chi connectivity index (χ2v) is 6.81. The van der Waals surface area contributed by atoms with Gasteiger partial charge in [0.25, 0.3) is 0 Å². The minimum atomic E-state index is -0.525. The molecule has 1 N–H and O–H groups in total. The van der Waals surface area contributed by atoms with Crippen LogP contribution in [-0.4, -0.2) is 18.3 Å². The second-order valence-electron chi connectivity index (χ2n) is 6.81. The summed E-state index contributed by atoms with van der Waals surface area (Å²) in [4.78, 5) is 0. The highest BCUT2D eigenvalue weighted by Crippen LogP contribution is 2.47. The molecule has 0 radical (unpaired) electrons. The van der Waals surface area contributed by atoms with Gasteiger partial charge in [0.05, 0.1) is 6.10 Å². The van der Waals surface area contributed by atoms with Crippen molar-refractivity contribution in [1.82, 2.24) is 0 Å². The van der Waals surface area contributed by atoms with Gasteiger partial charge in [-0.3, -0.25) is 0 Å². The highest BCUT2D eigenvalue weighted by molar-refractivity contribution is 5.25. The predicted molar refractivity (Wildman–Crippen MR) is 77.9 cm³/mol. The number of benzene rings is 1. The van der Waals surface area contributed by atoms with Crippen LogP contribution in [0.5, 0.6) is 0 Å². The molecule has 3 atom stereocenters. The Balaban J connectivity index is 2.25. The molecule has 0 amide bonds. The Morgan fingerprint density at radius 2 is 1.84 bits per heavy atom. The summed E-state index contributed by atoms with van der Waals surface area (Å²) in [5.41, 5.74) is 0.818. The molecule has 0 heterocycles. The lowest BCUT2D eigenvalue weighted by atomic mass is 9.65. The minimum Gasteiger partial charge on any atom is -0.390 e. The van der Waals surface area contributed by atoms with Crippen molar-refractivity contribution in [3.05, 3.63) is 35.9 Å². The summed E-state index contributed by atoms with van der Waals surface area (Å²) in [6.07, 6.45) is 2.37. The zero-order valence-electron chi connectivity index (χ0n) is 12.5. The SMILES string of the molecule is CO[C@]1(c2ccccc2)CC[C@@H](C(C)(C)C)C[C@@H]1O. The van der Waals surface area contributed by atoms with E-state index in [2.05, 4.69) is 32.9 Å². The molecule has 0 saturated heterocycles. The summed E-state index contributed by atoms with van der Waals surface area (Å²) >= 11 is 0. The van der Waals surface area contributed by atoms with Crippen LogP contribution in [0.3, 0.4) is 0 Å². The van der Waals surface area contributed by atoms with Crippen LogP contribution in [0.25, 0.3) is 0 Å². The molecular formula is C17H26O2. The molecule has 19 heavy (non-hydrogen) atoms. The Morgan fingerprint density at radius 3 is 2.32 bits per heavy atom. The van der Waals surface area contributed by atoms with Gasteiger partial charge in [-0.1, -0.05) is 51.1 Å². The molecule has 1 aliphatic carbocycles. The topological polar surface area (TPSA) is 29.5 Å². The van der Waals surface area contributed by atoms with Gasteiger partial charge in [0.2, 0.25) is 0 Å². The molecule has 0 aromatic heterocycles. The fraction of sp³-hybridized carbons (Fsp3) is 0.647. The molecular weight excluding hydrogens is 236 g/mol. The number of aliphatic hydroxyl groups is 1. The average Bonchev–Trinajstić information content (AvgIpc) is 2.39. The standard InChI is InChI=1S/C17H26O2/c1-16(2,3)14-10-11-17(19-4,15(18)12-14)13-8-6-5-7-9-13/h5-9,14-15,18H,10-12H2,1-4H3/t14-,15+,17+/m1/s1. The summed E-state index contributed by atoms with van der Waals surface area (Å²) in [5, 5.41) is 10.7. The lowest BCUT2D eigenvalue weighted by Crippen LogP contribution is -2.48. The van der Waals surface area contributed by atoms with E-state index in [9.17, 15) is 5.11 Å². The minimum absolute atomic E-state index is 0.248. The zero-order chi connectivity index (χ0) is 14.1. The molecule has 2 nitrogen and oxygen atoms in total. The Hall–Kier alpha value is -0.860. The Kier molecular flexibility index (Phi) is 4.03. The van der Waals surface area contributed by atoms with Crippen molar-refractivity contribution in [3.8, 4) is 0 Å². The van der Waals surface area contributed by atoms with E-state index in [1.54, 1.807) is 7.11 Å². The van der Waals surface area contributed by atoms with Crippen molar-refractivity contribution in [1.29, 1.82) is 0 Å². The number of hydrogen-bond acceptors (Lipinski definition) is 2. The summed E-state index contributed by atoms with van der Waals surface area (Å²) in [7, 11) is 1.72. The summed E-state index contributed by atoms with van der Waals surface area (Å²) in [6.45, 7) is 6.77. The molecule has 1 aliphatic rings. The molecule has 0 aliphatic heterocycles. The number of aliphatic hydroxyl groups excluding tert-OH is 1. The highest BCUT2D eigenvalue weighted by atomic mass is 16.5. The molecule has 1 saturated carbocycles. The lowest BCUT2D eigenvalue weighted by Gasteiger charge is -2.46. The van der Waals surface area contributed by atoms with E-state index in [-0.39, 0.29) is 5.41 Å². The molecule has 1 aromatic carbocycles. The molecule has 0 bridgehead atoms. The fourth-order valence-electron chi connectivity index (χ4n) is 3.33. The first-order valence-electron chi connectivity index (χ1n) is 7.19. The van der Waals surface area contributed by atoms with Crippen LogP contribution >= 0.6 is 0 Å². The molecule has 1 fully saturated rings. The summed E-state index contributed by atoms with van der Waals surface area (Å²) in [6, 6.07) is 10.1. The number of methoxy groups -OCH3 is 1. The highest BCUT2D eigenvalue weighted by Gasteiger charge is 2.46. The van der Waals surface area contributed by atoms with E-state index in [0.29, 0.717) is 5.92 Å². The smallest absolute Gasteiger partial charge is 0.118 e. The van der Waals surface area contributed by atoms with Crippen LogP contribution in [0.1, 0.15) is 45.6 Å². The van der Waals surface area contributed by atoms with Gasteiger partial charge < -0.3 is 9.84 Å². The fourth-order valence-corrected chi connectivity index (χ4v) is 3.33. The monoisotopic (exact) mass is 262 g/mol. The molecule has 2 rings (SSSR count). The van der Waals surface area contributed by atoms with Gasteiger partial charge in [0, 0.05) is 7.11 Å². The maximum Gasteiger partial charge on any atom is 0.118 e.